The van der Waals surface area contributed by atoms with Gasteiger partial charge in [-0.2, -0.15) is 5.10 Å². The molecule has 16 heavy (non-hydrogen) atoms. The van der Waals surface area contributed by atoms with Gasteiger partial charge in [-0.3, -0.25) is 9.48 Å². The number of hydrogen-bond donors (Lipinski definition) is 0. The van der Waals surface area contributed by atoms with Gasteiger partial charge < -0.3 is 9.47 Å². The van der Waals surface area contributed by atoms with E-state index in [0.29, 0.717) is 25.5 Å². The molecule has 0 aliphatic carbocycles. The predicted molar refractivity (Wildman–Crippen MR) is 59.4 cm³/mol. The van der Waals surface area contributed by atoms with Crippen LogP contribution >= 0.6 is 0 Å². The molecule has 0 saturated carbocycles. The highest BCUT2D eigenvalue weighted by Gasteiger charge is 2.03. The third-order valence-corrected chi connectivity index (χ3v) is 2.13. The number of rotatable bonds is 6. The van der Waals surface area contributed by atoms with E-state index in [1.807, 2.05) is 24.7 Å². The second-order valence-corrected chi connectivity index (χ2v) is 3.78. The van der Waals surface area contributed by atoms with E-state index in [9.17, 15) is 4.79 Å². The second kappa shape index (κ2) is 6.15. The van der Waals surface area contributed by atoms with Gasteiger partial charge in [0, 0.05) is 12.5 Å². The molecule has 0 atom stereocenters. The summed E-state index contributed by atoms with van der Waals surface area (Å²) in [7, 11) is 1.38. The third-order valence-electron chi connectivity index (χ3n) is 2.13. The standard InChI is InChI=1S/C11H18N2O3/c1-9(2)13-8-10(7-12-13)16-6-4-5-11(14)15-3/h7-9H,4-6H2,1-3H3. The summed E-state index contributed by atoms with van der Waals surface area (Å²) in [5, 5.41) is 4.15. The molecule has 0 radical (unpaired) electrons. The Balaban J connectivity index is 2.24. The highest BCUT2D eigenvalue weighted by Crippen LogP contribution is 2.12. The van der Waals surface area contributed by atoms with Gasteiger partial charge in [0.2, 0.25) is 0 Å². The lowest BCUT2D eigenvalue weighted by molar-refractivity contribution is -0.140. The van der Waals surface area contributed by atoms with Crippen LogP contribution in [0.4, 0.5) is 0 Å². The molecule has 0 fully saturated rings. The second-order valence-electron chi connectivity index (χ2n) is 3.78. The van der Waals surface area contributed by atoms with Gasteiger partial charge in [-0.1, -0.05) is 0 Å². The number of ether oxygens (including phenoxy) is 2. The van der Waals surface area contributed by atoms with Crippen molar-refractivity contribution in [2.75, 3.05) is 13.7 Å². The van der Waals surface area contributed by atoms with Crippen molar-refractivity contribution in [3.05, 3.63) is 12.4 Å². The number of aromatic nitrogens is 2. The van der Waals surface area contributed by atoms with Gasteiger partial charge in [0.1, 0.15) is 0 Å². The number of carbonyl (C=O) groups is 1. The molecule has 1 heterocycles. The molecule has 0 amide bonds. The van der Waals surface area contributed by atoms with Crippen molar-refractivity contribution in [3.8, 4) is 5.75 Å². The van der Waals surface area contributed by atoms with E-state index in [2.05, 4.69) is 9.84 Å². The van der Waals surface area contributed by atoms with Crippen LogP contribution in [-0.4, -0.2) is 29.5 Å². The first-order valence-electron chi connectivity index (χ1n) is 5.37. The number of esters is 1. The van der Waals surface area contributed by atoms with E-state index >= 15 is 0 Å². The molecule has 1 aromatic heterocycles. The zero-order valence-electron chi connectivity index (χ0n) is 9.97. The van der Waals surface area contributed by atoms with Crippen LogP contribution in [0, 0.1) is 0 Å². The Labute approximate surface area is 95.3 Å². The van der Waals surface area contributed by atoms with Crippen molar-refractivity contribution in [2.45, 2.75) is 32.7 Å². The Hall–Kier alpha value is -1.52. The van der Waals surface area contributed by atoms with Crippen LogP contribution in [0.1, 0.15) is 32.7 Å². The van der Waals surface area contributed by atoms with Crippen LogP contribution in [0.5, 0.6) is 5.75 Å². The predicted octanol–water partition coefficient (Wildman–Crippen LogP) is 1.80. The monoisotopic (exact) mass is 226 g/mol. The molecule has 5 nitrogen and oxygen atoms in total. The van der Waals surface area contributed by atoms with E-state index in [1.165, 1.54) is 7.11 Å². The highest BCUT2D eigenvalue weighted by atomic mass is 16.5. The average molecular weight is 226 g/mol. The summed E-state index contributed by atoms with van der Waals surface area (Å²) in [6.45, 7) is 4.60. The first-order chi connectivity index (χ1) is 7.63. The maximum absolute atomic E-state index is 10.8. The van der Waals surface area contributed by atoms with Crippen molar-refractivity contribution in [1.82, 2.24) is 9.78 Å². The normalized spacial score (nSPS) is 10.5. The van der Waals surface area contributed by atoms with Crippen molar-refractivity contribution in [3.63, 3.8) is 0 Å². The lowest BCUT2D eigenvalue weighted by atomic mass is 10.3. The van der Waals surface area contributed by atoms with Gasteiger partial charge in [0.05, 0.1) is 26.1 Å². The van der Waals surface area contributed by atoms with E-state index in [4.69, 9.17) is 4.74 Å². The Bertz CT molecular complexity index is 334. The van der Waals surface area contributed by atoms with E-state index in [1.54, 1.807) is 6.20 Å². The van der Waals surface area contributed by atoms with Gasteiger partial charge >= 0.3 is 5.97 Å². The number of carbonyl (C=O) groups excluding carboxylic acids is 1. The fourth-order valence-electron chi connectivity index (χ4n) is 1.19. The zero-order chi connectivity index (χ0) is 12.0. The summed E-state index contributed by atoms with van der Waals surface area (Å²) in [6, 6.07) is 0.326. The molecule has 0 N–H and O–H groups in total. The smallest absolute Gasteiger partial charge is 0.305 e. The fourth-order valence-corrected chi connectivity index (χ4v) is 1.19. The van der Waals surface area contributed by atoms with Gasteiger partial charge in [-0.15, -0.1) is 0 Å². The van der Waals surface area contributed by atoms with Crippen LogP contribution in [0.2, 0.25) is 0 Å². The van der Waals surface area contributed by atoms with Crippen LogP contribution in [0.25, 0.3) is 0 Å². The van der Waals surface area contributed by atoms with Crippen LogP contribution in [0.3, 0.4) is 0 Å². The largest absolute Gasteiger partial charge is 0.490 e. The Morgan fingerprint density at radius 2 is 2.31 bits per heavy atom. The topological polar surface area (TPSA) is 53.4 Å². The quantitative estimate of drug-likeness (QED) is 0.548. The Morgan fingerprint density at radius 1 is 1.56 bits per heavy atom. The molecule has 0 aromatic carbocycles. The highest BCUT2D eigenvalue weighted by molar-refractivity contribution is 5.68. The average Bonchev–Trinajstić information content (AvgIpc) is 2.72. The van der Waals surface area contributed by atoms with E-state index in [-0.39, 0.29) is 5.97 Å². The maximum Gasteiger partial charge on any atom is 0.305 e. The molecule has 0 spiro atoms. The summed E-state index contributed by atoms with van der Waals surface area (Å²) in [5.41, 5.74) is 0. The molecular weight excluding hydrogens is 208 g/mol. The SMILES string of the molecule is COC(=O)CCCOc1cnn(C(C)C)c1. The minimum atomic E-state index is -0.207. The van der Waals surface area contributed by atoms with Crippen LogP contribution in [0.15, 0.2) is 12.4 Å². The Kier molecular flexibility index (Phi) is 4.82. The molecule has 5 heteroatoms. The molecule has 0 bridgehead atoms. The van der Waals surface area contributed by atoms with Crippen molar-refractivity contribution < 1.29 is 14.3 Å². The molecule has 0 aliphatic heterocycles. The van der Waals surface area contributed by atoms with Gasteiger partial charge in [0.15, 0.2) is 5.75 Å². The summed E-state index contributed by atoms with van der Waals surface area (Å²) in [6.07, 6.45) is 4.56. The van der Waals surface area contributed by atoms with Crippen LogP contribution in [-0.2, 0) is 9.53 Å². The van der Waals surface area contributed by atoms with Gasteiger partial charge in [-0.25, -0.2) is 0 Å². The summed E-state index contributed by atoms with van der Waals surface area (Å²) in [4.78, 5) is 10.8. The lowest BCUT2D eigenvalue weighted by Gasteiger charge is -2.04. The van der Waals surface area contributed by atoms with Gasteiger partial charge in [-0.05, 0) is 20.3 Å². The lowest BCUT2D eigenvalue weighted by Crippen LogP contribution is -2.04. The fraction of sp³-hybridized carbons (Fsp3) is 0.636. The van der Waals surface area contributed by atoms with Crippen LogP contribution < -0.4 is 4.74 Å². The summed E-state index contributed by atoms with van der Waals surface area (Å²) >= 11 is 0. The molecule has 1 rings (SSSR count). The number of hydrogen-bond acceptors (Lipinski definition) is 4. The first-order valence-corrected chi connectivity index (χ1v) is 5.37. The maximum atomic E-state index is 10.8. The Morgan fingerprint density at radius 3 is 2.88 bits per heavy atom. The molecule has 90 valence electrons. The van der Waals surface area contributed by atoms with E-state index in [0.717, 1.165) is 5.75 Å². The summed E-state index contributed by atoms with van der Waals surface area (Å²) in [5.74, 6) is 0.528. The van der Waals surface area contributed by atoms with Crippen molar-refractivity contribution in [1.29, 1.82) is 0 Å². The molecule has 0 unspecified atom stereocenters. The summed E-state index contributed by atoms with van der Waals surface area (Å²) < 4.78 is 11.8. The molecular formula is C11H18N2O3. The zero-order valence-corrected chi connectivity index (χ0v) is 9.97. The number of methoxy groups -OCH3 is 1. The van der Waals surface area contributed by atoms with Crippen molar-refractivity contribution in [2.24, 2.45) is 0 Å². The minimum absolute atomic E-state index is 0.207. The first kappa shape index (κ1) is 12.5. The van der Waals surface area contributed by atoms with Crippen molar-refractivity contribution >= 4 is 5.97 Å². The third kappa shape index (κ3) is 3.92. The molecule has 0 aliphatic rings. The molecule has 0 saturated heterocycles. The minimum Gasteiger partial charge on any atom is -0.490 e. The van der Waals surface area contributed by atoms with Gasteiger partial charge in [0.25, 0.3) is 0 Å². The number of nitrogens with zero attached hydrogens (tertiary/aromatic N) is 2. The van der Waals surface area contributed by atoms with E-state index < -0.39 is 0 Å². The molecule has 1 aromatic rings.